The van der Waals surface area contributed by atoms with E-state index in [1.165, 1.54) is 7.11 Å². The topological polar surface area (TPSA) is 71.3 Å². The van der Waals surface area contributed by atoms with E-state index >= 15 is 0 Å². The second-order valence-corrected chi connectivity index (χ2v) is 3.84. The number of carbonyl (C=O) groups excluding carboxylic acids is 1. The van der Waals surface area contributed by atoms with Gasteiger partial charge in [0.25, 0.3) is 0 Å². The zero-order valence-electron chi connectivity index (χ0n) is 10.9. The SMILES string of the molecule is COCCOCC(=O)N[C@H](C#N)c1ccc(F)cc1F. The van der Waals surface area contributed by atoms with Crippen molar-refractivity contribution in [2.24, 2.45) is 0 Å². The van der Waals surface area contributed by atoms with Gasteiger partial charge in [0.1, 0.15) is 24.3 Å². The Morgan fingerprint density at radius 2 is 2.20 bits per heavy atom. The first-order valence-corrected chi connectivity index (χ1v) is 5.79. The van der Waals surface area contributed by atoms with Crippen LogP contribution in [0.2, 0.25) is 0 Å². The van der Waals surface area contributed by atoms with Crippen molar-refractivity contribution in [3.05, 3.63) is 35.4 Å². The third-order valence-electron chi connectivity index (χ3n) is 2.37. The highest BCUT2D eigenvalue weighted by molar-refractivity contribution is 5.78. The molecule has 20 heavy (non-hydrogen) atoms. The molecule has 0 radical (unpaired) electrons. The van der Waals surface area contributed by atoms with Gasteiger partial charge in [-0.25, -0.2) is 8.78 Å². The van der Waals surface area contributed by atoms with Gasteiger partial charge in [-0.3, -0.25) is 4.79 Å². The summed E-state index contributed by atoms with van der Waals surface area (Å²) in [5.41, 5.74) is -0.0980. The zero-order valence-corrected chi connectivity index (χ0v) is 10.9. The molecule has 0 bridgehead atoms. The Morgan fingerprint density at radius 3 is 2.80 bits per heavy atom. The van der Waals surface area contributed by atoms with Crippen LogP contribution < -0.4 is 5.32 Å². The summed E-state index contributed by atoms with van der Waals surface area (Å²) in [6.45, 7) is 0.290. The van der Waals surface area contributed by atoms with Crippen LogP contribution in [0.3, 0.4) is 0 Å². The molecular weight excluding hydrogens is 270 g/mol. The van der Waals surface area contributed by atoms with E-state index in [-0.39, 0.29) is 18.8 Å². The van der Waals surface area contributed by atoms with Crippen molar-refractivity contribution in [1.29, 1.82) is 5.26 Å². The van der Waals surface area contributed by atoms with Gasteiger partial charge in [-0.2, -0.15) is 5.26 Å². The van der Waals surface area contributed by atoms with Crippen LogP contribution in [0.15, 0.2) is 18.2 Å². The molecule has 1 aromatic rings. The third-order valence-corrected chi connectivity index (χ3v) is 2.37. The molecule has 0 saturated heterocycles. The summed E-state index contributed by atoms with van der Waals surface area (Å²) < 4.78 is 36.0. The molecule has 5 nitrogen and oxygen atoms in total. The monoisotopic (exact) mass is 284 g/mol. The van der Waals surface area contributed by atoms with Gasteiger partial charge in [0, 0.05) is 18.7 Å². The molecule has 1 amide bonds. The Kier molecular flexibility index (Phi) is 6.56. The first kappa shape index (κ1) is 16.0. The first-order chi connectivity index (χ1) is 9.58. The lowest BCUT2D eigenvalue weighted by atomic mass is 10.1. The van der Waals surface area contributed by atoms with Crippen molar-refractivity contribution >= 4 is 5.91 Å². The van der Waals surface area contributed by atoms with E-state index in [0.717, 1.165) is 12.1 Å². The number of rotatable bonds is 7. The Hall–Kier alpha value is -2.04. The zero-order chi connectivity index (χ0) is 15.0. The van der Waals surface area contributed by atoms with Crippen LogP contribution >= 0.6 is 0 Å². The highest BCUT2D eigenvalue weighted by Crippen LogP contribution is 2.17. The Bertz CT molecular complexity index is 503. The molecule has 0 fully saturated rings. The van der Waals surface area contributed by atoms with Gasteiger partial charge in [-0.15, -0.1) is 0 Å². The van der Waals surface area contributed by atoms with Crippen molar-refractivity contribution < 1.29 is 23.0 Å². The maximum Gasteiger partial charge on any atom is 0.247 e. The maximum absolute atomic E-state index is 13.5. The van der Waals surface area contributed by atoms with Crippen LogP contribution in [0.4, 0.5) is 8.78 Å². The van der Waals surface area contributed by atoms with Crippen LogP contribution in [0, 0.1) is 23.0 Å². The van der Waals surface area contributed by atoms with E-state index < -0.39 is 23.6 Å². The van der Waals surface area contributed by atoms with Crippen LogP contribution in [0.1, 0.15) is 11.6 Å². The van der Waals surface area contributed by atoms with Gasteiger partial charge < -0.3 is 14.8 Å². The number of hydrogen-bond donors (Lipinski definition) is 1. The van der Waals surface area contributed by atoms with Gasteiger partial charge in [0.15, 0.2) is 0 Å². The average Bonchev–Trinajstić information content (AvgIpc) is 2.41. The van der Waals surface area contributed by atoms with E-state index in [1.54, 1.807) is 6.07 Å². The highest BCUT2D eigenvalue weighted by Gasteiger charge is 2.18. The van der Waals surface area contributed by atoms with Crippen LogP contribution in [0.25, 0.3) is 0 Å². The summed E-state index contributed by atoms with van der Waals surface area (Å²) in [6, 6.07) is 3.32. The molecule has 1 rings (SSSR count). The highest BCUT2D eigenvalue weighted by atomic mass is 19.1. The van der Waals surface area contributed by atoms with E-state index in [2.05, 4.69) is 5.32 Å². The van der Waals surface area contributed by atoms with Crippen LogP contribution in [-0.4, -0.2) is 32.8 Å². The lowest BCUT2D eigenvalue weighted by Crippen LogP contribution is -2.31. The molecule has 0 aromatic heterocycles. The molecule has 0 unspecified atom stereocenters. The summed E-state index contributed by atoms with van der Waals surface area (Å²) in [5, 5.41) is 11.2. The fourth-order valence-corrected chi connectivity index (χ4v) is 1.42. The number of methoxy groups -OCH3 is 1. The minimum atomic E-state index is -1.20. The number of carbonyl (C=O) groups is 1. The quantitative estimate of drug-likeness (QED) is 0.766. The van der Waals surface area contributed by atoms with Crippen molar-refractivity contribution in [2.45, 2.75) is 6.04 Å². The number of ether oxygens (including phenoxy) is 2. The Balaban J connectivity index is 2.59. The minimum absolute atomic E-state index is 0.0980. The largest absolute Gasteiger partial charge is 0.382 e. The van der Waals surface area contributed by atoms with Gasteiger partial charge in [0.05, 0.1) is 19.3 Å². The number of nitrogens with one attached hydrogen (secondary N) is 1. The smallest absolute Gasteiger partial charge is 0.247 e. The van der Waals surface area contributed by atoms with Gasteiger partial charge >= 0.3 is 0 Å². The second-order valence-electron chi connectivity index (χ2n) is 3.84. The van der Waals surface area contributed by atoms with E-state index in [4.69, 9.17) is 14.7 Å². The number of nitrogens with zero attached hydrogens (tertiary/aromatic N) is 1. The van der Waals surface area contributed by atoms with E-state index in [1.807, 2.05) is 0 Å². The number of hydrogen-bond acceptors (Lipinski definition) is 4. The predicted octanol–water partition coefficient (Wildman–Crippen LogP) is 1.31. The summed E-state index contributed by atoms with van der Waals surface area (Å²) in [5.74, 6) is -2.22. The van der Waals surface area contributed by atoms with Crippen molar-refractivity contribution in [1.82, 2.24) is 5.32 Å². The van der Waals surface area contributed by atoms with Crippen LogP contribution in [0.5, 0.6) is 0 Å². The Morgan fingerprint density at radius 1 is 1.45 bits per heavy atom. The minimum Gasteiger partial charge on any atom is -0.382 e. The summed E-state index contributed by atoms with van der Waals surface area (Å²) in [4.78, 5) is 11.5. The van der Waals surface area contributed by atoms with Crippen molar-refractivity contribution in [3.63, 3.8) is 0 Å². The lowest BCUT2D eigenvalue weighted by Gasteiger charge is -2.13. The molecule has 1 aromatic carbocycles. The van der Waals surface area contributed by atoms with Gasteiger partial charge in [0.2, 0.25) is 5.91 Å². The normalized spacial score (nSPS) is 11.7. The molecule has 108 valence electrons. The Labute approximate surface area is 115 Å². The number of nitriles is 1. The summed E-state index contributed by atoms with van der Waals surface area (Å²) in [7, 11) is 1.49. The number of benzene rings is 1. The van der Waals surface area contributed by atoms with E-state index in [9.17, 15) is 13.6 Å². The average molecular weight is 284 g/mol. The van der Waals surface area contributed by atoms with Crippen LogP contribution in [-0.2, 0) is 14.3 Å². The van der Waals surface area contributed by atoms with E-state index in [0.29, 0.717) is 12.7 Å². The standard InChI is InChI=1S/C13H14F2N2O3/c1-19-4-5-20-8-13(18)17-12(7-16)10-3-2-9(14)6-11(10)15/h2-3,6,12H,4-5,8H2,1H3,(H,17,18)/t12-/m1/s1. The molecule has 0 aliphatic carbocycles. The van der Waals surface area contributed by atoms with Gasteiger partial charge in [-0.1, -0.05) is 6.07 Å². The maximum atomic E-state index is 13.5. The fraction of sp³-hybridized carbons (Fsp3) is 0.385. The molecular formula is C13H14F2N2O3. The van der Waals surface area contributed by atoms with Gasteiger partial charge in [-0.05, 0) is 6.07 Å². The molecule has 1 atom stereocenters. The summed E-state index contributed by atoms with van der Waals surface area (Å²) in [6.07, 6.45) is 0. The molecule has 0 aliphatic heterocycles. The summed E-state index contributed by atoms with van der Waals surface area (Å²) >= 11 is 0. The third kappa shape index (κ3) is 4.91. The van der Waals surface area contributed by atoms with Crippen molar-refractivity contribution in [2.75, 3.05) is 26.9 Å². The first-order valence-electron chi connectivity index (χ1n) is 5.79. The van der Waals surface area contributed by atoms with Crippen molar-refractivity contribution in [3.8, 4) is 6.07 Å². The number of amides is 1. The molecule has 0 saturated carbocycles. The number of halogens is 2. The molecule has 0 spiro atoms. The predicted molar refractivity (Wildman–Crippen MR) is 65.5 cm³/mol. The molecule has 1 N–H and O–H groups in total. The molecule has 0 heterocycles. The lowest BCUT2D eigenvalue weighted by molar-refractivity contribution is -0.126. The molecule has 0 aliphatic rings. The fourth-order valence-electron chi connectivity index (χ4n) is 1.42. The molecule has 7 heteroatoms. The second kappa shape index (κ2) is 8.19.